The second-order valence-corrected chi connectivity index (χ2v) is 4.90. The fourth-order valence-corrected chi connectivity index (χ4v) is 2.07. The number of ether oxygens (including phenoxy) is 1. The van der Waals surface area contributed by atoms with Crippen LogP contribution in [-0.2, 0) is 4.79 Å². The van der Waals surface area contributed by atoms with Gasteiger partial charge >= 0.3 is 0 Å². The summed E-state index contributed by atoms with van der Waals surface area (Å²) in [6.45, 7) is -0.774. The van der Waals surface area contributed by atoms with Gasteiger partial charge in [0, 0.05) is 18.8 Å². The molecule has 1 aromatic carbocycles. The van der Waals surface area contributed by atoms with E-state index in [1.54, 1.807) is 30.3 Å². The number of hydrogen-bond donors (Lipinski definition) is 1. The molecule has 1 fully saturated rings. The Morgan fingerprint density at radius 1 is 1.30 bits per heavy atom. The molecular formula is C15H16F2O3. The van der Waals surface area contributed by atoms with E-state index in [-0.39, 0.29) is 18.6 Å². The molecule has 0 saturated heterocycles. The van der Waals surface area contributed by atoms with Crippen molar-refractivity contribution in [1.29, 1.82) is 0 Å². The fraction of sp³-hybridized carbons (Fsp3) is 0.400. The van der Waals surface area contributed by atoms with Crippen LogP contribution in [0.4, 0.5) is 8.78 Å². The molecule has 1 aliphatic carbocycles. The van der Waals surface area contributed by atoms with Crippen LogP contribution in [0, 0.1) is 5.92 Å². The number of hydrogen-bond acceptors (Lipinski definition) is 3. The van der Waals surface area contributed by atoms with Crippen LogP contribution in [0.1, 0.15) is 12.8 Å². The highest BCUT2D eigenvalue weighted by atomic mass is 19.3. The maximum atomic E-state index is 13.6. The van der Waals surface area contributed by atoms with Gasteiger partial charge in [-0.3, -0.25) is 4.79 Å². The molecule has 2 atom stereocenters. The first kappa shape index (κ1) is 14.7. The Morgan fingerprint density at radius 3 is 2.60 bits per heavy atom. The van der Waals surface area contributed by atoms with Crippen LogP contribution in [0.3, 0.4) is 0 Å². The summed E-state index contributed by atoms with van der Waals surface area (Å²) < 4.78 is 32.2. The summed E-state index contributed by atoms with van der Waals surface area (Å²) in [4.78, 5) is 11.1. The maximum absolute atomic E-state index is 13.6. The molecule has 0 aliphatic heterocycles. The molecule has 3 nitrogen and oxygen atoms in total. The summed E-state index contributed by atoms with van der Waals surface area (Å²) in [5.41, 5.74) is 0. The Labute approximate surface area is 115 Å². The zero-order valence-corrected chi connectivity index (χ0v) is 10.8. The van der Waals surface area contributed by atoms with Gasteiger partial charge in [0.15, 0.2) is 6.61 Å². The Morgan fingerprint density at radius 2 is 2.00 bits per heavy atom. The van der Waals surface area contributed by atoms with E-state index in [4.69, 9.17) is 4.74 Å². The van der Waals surface area contributed by atoms with Crippen LogP contribution in [-0.4, -0.2) is 29.5 Å². The second-order valence-electron chi connectivity index (χ2n) is 4.90. The molecule has 0 heterocycles. The minimum absolute atomic E-state index is 0.0428. The summed E-state index contributed by atoms with van der Waals surface area (Å²) in [5.74, 6) is -3.39. The zero-order chi connectivity index (χ0) is 14.6. The first-order valence-corrected chi connectivity index (χ1v) is 6.41. The lowest BCUT2D eigenvalue weighted by molar-refractivity contribution is -0.117. The third-order valence-corrected chi connectivity index (χ3v) is 3.16. The first-order valence-electron chi connectivity index (χ1n) is 6.41. The molecule has 0 unspecified atom stereocenters. The van der Waals surface area contributed by atoms with E-state index in [2.05, 4.69) is 0 Å². The molecule has 0 spiro atoms. The van der Waals surface area contributed by atoms with Crippen LogP contribution in [0.15, 0.2) is 42.5 Å². The predicted molar refractivity (Wildman–Crippen MR) is 69.8 cm³/mol. The van der Waals surface area contributed by atoms with E-state index < -0.39 is 24.6 Å². The number of halogens is 2. The number of carbonyl (C=O) groups is 1. The molecule has 1 saturated carbocycles. The SMILES string of the molecule is O=C1C[C@@H](O)[C@H](/C=C/C(F)(F)COc2ccccc2)C1. The van der Waals surface area contributed by atoms with Gasteiger partial charge in [0.05, 0.1) is 6.10 Å². The van der Waals surface area contributed by atoms with Crippen LogP contribution in [0.2, 0.25) is 0 Å². The molecule has 5 heteroatoms. The topological polar surface area (TPSA) is 46.5 Å². The fourth-order valence-electron chi connectivity index (χ4n) is 2.07. The zero-order valence-electron chi connectivity index (χ0n) is 10.8. The minimum Gasteiger partial charge on any atom is -0.487 e. The number of benzene rings is 1. The summed E-state index contributed by atoms with van der Waals surface area (Å²) in [6.07, 6.45) is 1.23. The van der Waals surface area contributed by atoms with Crippen LogP contribution in [0.5, 0.6) is 5.75 Å². The van der Waals surface area contributed by atoms with Crippen molar-refractivity contribution in [2.75, 3.05) is 6.61 Å². The maximum Gasteiger partial charge on any atom is 0.299 e. The molecule has 1 aliphatic rings. The van der Waals surface area contributed by atoms with Crippen LogP contribution >= 0.6 is 0 Å². The lowest BCUT2D eigenvalue weighted by Gasteiger charge is -2.15. The van der Waals surface area contributed by atoms with Crippen molar-refractivity contribution in [2.45, 2.75) is 24.9 Å². The Bertz CT molecular complexity index is 485. The van der Waals surface area contributed by atoms with Gasteiger partial charge in [-0.1, -0.05) is 24.3 Å². The summed E-state index contributed by atoms with van der Waals surface area (Å²) in [5, 5.41) is 9.52. The van der Waals surface area contributed by atoms with E-state index in [0.717, 1.165) is 0 Å². The van der Waals surface area contributed by atoms with Gasteiger partial charge in [-0.25, -0.2) is 0 Å². The molecule has 0 amide bonds. The van der Waals surface area contributed by atoms with Gasteiger partial charge in [0.2, 0.25) is 0 Å². The number of rotatable bonds is 5. The predicted octanol–water partition coefficient (Wildman–Crippen LogP) is 2.60. The van der Waals surface area contributed by atoms with E-state index in [1.165, 1.54) is 6.08 Å². The van der Waals surface area contributed by atoms with Crippen molar-refractivity contribution in [1.82, 2.24) is 0 Å². The van der Waals surface area contributed by atoms with Gasteiger partial charge < -0.3 is 9.84 Å². The number of aliphatic hydroxyl groups is 1. The van der Waals surface area contributed by atoms with Gasteiger partial charge in [0.1, 0.15) is 11.5 Å². The molecule has 0 radical (unpaired) electrons. The number of carbonyl (C=O) groups excluding carboxylic acids is 1. The number of para-hydroxylation sites is 1. The smallest absolute Gasteiger partial charge is 0.299 e. The largest absolute Gasteiger partial charge is 0.487 e. The Hall–Kier alpha value is -1.75. The summed E-state index contributed by atoms with van der Waals surface area (Å²) in [7, 11) is 0. The first-order chi connectivity index (χ1) is 9.46. The van der Waals surface area contributed by atoms with Crippen molar-refractivity contribution in [2.24, 2.45) is 5.92 Å². The normalized spacial score (nSPS) is 23.4. The highest BCUT2D eigenvalue weighted by Gasteiger charge is 2.32. The van der Waals surface area contributed by atoms with Crippen LogP contribution in [0.25, 0.3) is 0 Å². The summed E-state index contributed by atoms with van der Waals surface area (Å²) in [6, 6.07) is 8.36. The number of Topliss-reactive ketones (excluding diaryl/α,β-unsaturated/α-hetero) is 1. The average molecular weight is 282 g/mol. The van der Waals surface area contributed by atoms with Crippen molar-refractivity contribution >= 4 is 5.78 Å². The van der Waals surface area contributed by atoms with E-state index in [0.29, 0.717) is 11.8 Å². The third-order valence-electron chi connectivity index (χ3n) is 3.16. The number of aliphatic hydroxyl groups excluding tert-OH is 1. The summed E-state index contributed by atoms with van der Waals surface area (Å²) >= 11 is 0. The van der Waals surface area contributed by atoms with Crippen molar-refractivity contribution in [3.63, 3.8) is 0 Å². The molecular weight excluding hydrogens is 266 g/mol. The Balaban J connectivity index is 1.88. The van der Waals surface area contributed by atoms with E-state index in [1.807, 2.05) is 0 Å². The standard InChI is InChI=1S/C15H16F2O3/c16-15(17,10-20-13-4-2-1-3-5-13)7-6-11-8-12(18)9-14(11)19/h1-7,11,14,19H,8-10H2/b7-6+/t11-,14-/m1/s1. The highest BCUT2D eigenvalue weighted by Crippen LogP contribution is 2.26. The van der Waals surface area contributed by atoms with E-state index in [9.17, 15) is 18.7 Å². The molecule has 20 heavy (non-hydrogen) atoms. The van der Waals surface area contributed by atoms with Crippen LogP contribution < -0.4 is 4.74 Å². The van der Waals surface area contributed by atoms with Gasteiger partial charge in [-0.05, 0) is 18.2 Å². The molecule has 0 bridgehead atoms. The number of alkyl halides is 2. The van der Waals surface area contributed by atoms with Crippen molar-refractivity contribution in [3.05, 3.63) is 42.5 Å². The van der Waals surface area contributed by atoms with Gasteiger partial charge in [0.25, 0.3) is 5.92 Å². The molecule has 1 N–H and O–H groups in total. The molecule has 0 aromatic heterocycles. The molecule has 108 valence electrons. The minimum atomic E-state index is -3.14. The molecule has 2 rings (SSSR count). The quantitative estimate of drug-likeness (QED) is 0.844. The van der Waals surface area contributed by atoms with Crippen molar-refractivity contribution < 1.29 is 23.4 Å². The van der Waals surface area contributed by atoms with Gasteiger partial charge in [-0.15, -0.1) is 0 Å². The van der Waals surface area contributed by atoms with E-state index >= 15 is 0 Å². The lowest BCUT2D eigenvalue weighted by atomic mass is 10.0. The highest BCUT2D eigenvalue weighted by molar-refractivity contribution is 5.81. The monoisotopic (exact) mass is 282 g/mol. The second kappa shape index (κ2) is 6.13. The van der Waals surface area contributed by atoms with Gasteiger partial charge in [-0.2, -0.15) is 8.78 Å². The Kier molecular flexibility index (Phi) is 4.49. The average Bonchev–Trinajstić information content (AvgIpc) is 2.74. The number of ketones is 1. The molecule has 1 aromatic rings. The third kappa shape index (κ3) is 4.13. The lowest BCUT2D eigenvalue weighted by Crippen LogP contribution is -2.23. The van der Waals surface area contributed by atoms with Crippen molar-refractivity contribution in [3.8, 4) is 5.75 Å².